The van der Waals surface area contributed by atoms with Gasteiger partial charge in [-0.3, -0.25) is 0 Å². The van der Waals surface area contributed by atoms with Crippen LogP contribution in [0.3, 0.4) is 0 Å². The summed E-state index contributed by atoms with van der Waals surface area (Å²) in [5.74, 6) is 0. The van der Waals surface area contributed by atoms with Crippen molar-refractivity contribution in [3.8, 4) is 0 Å². The first-order valence-corrected chi connectivity index (χ1v) is 0.775. The molecule has 0 aliphatic rings. The van der Waals surface area contributed by atoms with Crippen LogP contribution in [0.5, 0.6) is 0 Å². The maximum Gasteiger partial charge on any atom is 1.00 e. The average molecular weight is 109 g/mol. The minimum Gasteiger partial charge on any atom is -3.00 e. The third kappa shape index (κ3) is 511. The molecule has 10 heteroatoms. The summed E-state index contributed by atoms with van der Waals surface area (Å²) in [4.78, 5) is 0. The van der Waals surface area contributed by atoms with Gasteiger partial charge < -0.3 is 6.15 Å². The van der Waals surface area contributed by atoms with Gasteiger partial charge in [-0.05, 0) is 0 Å². The van der Waals surface area contributed by atoms with Crippen molar-refractivity contribution in [3.63, 3.8) is 0 Å². The van der Waals surface area contributed by atoms with Crippen LogP contribution in [0.25, 0.3) is 6.15 Å². The van der Waals surface area contributed by atoms with E-state index in [1.165, 1.54) is 0 Å². The van der Waals surface area contributed by atoms with Crippen molar-refractivity contribution in [3.05, 3.63) is 6.15 Å². The molecule has 0 aliphatic carbocycles. The van der Waals surface area contributed by atoms with Crippen molar-refractivity contribution >= 4 is 22.5 Å². The van der Waals surface area contributed by atoms with E-state index in [0.717, 1.165) is 0 Å². The molecule has 0 aromatic heterocycles. The van der Waals surface area contributed by atoms with Crippen molar-refractivity contribution in [2.24, 2.45) is 0 Å². The number of nitrogens with zero attached hydrogens (tertiary/aromatic N) is 4. The molecule has 0 heterocycles. The first-order chi connectivity index (χ1) is 3.00. The summed E-state index contributed by atoms with van der Waals surface area (Å²) in [6, 6.07) is 0. The summed E-state index contributed by atoms with van der Waals surface area (Å²) in [6.45, 7) is 0. The van der Waals surface area contributed by atoms with Gasteiger partial charge in [0.15, 0.2) is 0 Å². The molecule has 0 saturated carbocycles. The molecule has 0 aromatic carbocycles. The first-order valence-electron chi connectivity index (χ1n) is 0.775. The summed E-state index contributed by atoms with van der Waals surface area (Å²) in [7, 11) is 10.5. The van der Waals surface area contributed by atoms with Gasteiger partial charge in [0.25, 0.3) is 0 Å². The average Bonchev–Trinajstić information content (AvgIpc) is 1.81. The molecule has 4 nitrogen and oxygen atoms in total. The summed E-state index contributed by atoms with van der Waals surface area (Å²) in [5, 5.41) is 19.5. The smallest absolute Gasteiger partial charge is 1.00 e. The van der Waals surface area contributed by atoms with Gasteiger partial charge >= 0.3 is 94.5 Å². The van der Waals surface area contributed by atoms with Crippen LogP contribution in [0.4, 0.5) is 0 Å². The van der Waals surface area contributed by atoms with E-state index in [4.69, 9.17) is 15.5 Å². The zero-order valence-electron chi connectivity index (χ0n) is 6.52. The van der Waals surface area contributed by atoms with E-state index >= 15 is 0 Å². The van der Waals surface area contributed by atoms with Gasteiger partial charge in [0.05, 0.1) is 0 Å². The van der Waals surface area contributed by atoms with Gasteiger partial charge in [0.1, 0.15) is 0 Å². The molecule has 0 amide bonds. The largest absolute Gasteiger partial charge is 3.00 e. The Labute approximate surface area is 100 Å². The van der Waals surface area contributed by atoms with Gasteiger partial charge in [-0.1, -0.05) is 0 Å². The number of hydrogen-bond donors (Lipinski definition) is 0. The van der Waals surface area contributed by atoms with E-state index in [-0.39, 0.29) is 62.7 Å². The molecular formula is B3Li3N4. The van der Waals surface area contributed by atoms with E-state index in [1.54, 1.807) is 0 Å². The summed E-state index contributed by atoms with van der Waals surface area (Å²) >= 11 is 0. The van der Waals surface area contributed by atoms with Crippen molar-refractivity contribution < 1.29 is 56.6 Å². The van der Waals surface area contributed by atoms with Crippen LogP contribution in [-0.4, -0.2) is 22.5 Å². The van der Waals surface area contributed by atoms with Crippen LogP contribution in [-0.2, 0) is 0 Å². The SMILES string of the molecule is B#N.B#N.B#N.[Li+].[Li+].[Li+].[N-3]. The van der Waals surface area contributed by atoms with E-state index in [2.05, 4.69) is 22.5 Å². The fourth-order valence-corrected chi connectivity index (χ4v) is 0. The fourth-order valence-electron chi connectivity index (χ4n) is 0. The van der Waals surface area contributed by atoms with Crippen LogP contribution in [0.15, 0.2) is 0 Å². The molecule has 0 N–H and O–H groups in total. The molecule has 0 radical (unpaired) electrons. The van der Waals surface area contributed by atoms with Gasteiger partial charge in [0, 0.05) is 0 Å². The molecule has 10 heavy (non-hydrogen) atoms. The Morgan fingerprint density at radius 1 is 0.500 bits per heavy atom. The third-order valence-electron chi connectivity index (χ3n) is 0. The van der Waals surface area contributed by atoms with Crippen LogP contribution >= 0.6 is 0 Å². The van der Waals surface area contributed by atoms with Crippen LogP contribution in [0, 0.1) is 15.5 Å². The molecule has 0 atom stereocenters. The Hall–Kier alpha value is 1.08. The second kappa shape index (κ2) is 716. The van der Waals surface area contributed by atoms with Crippen molar-refractivity contribution in [1.29, 1.82) is 15.5 Å². The molecule has 32 valence electrons. The van der Waals surface area contributed by atoms with Crippen LogP contribution in [0.1, 0.15) is 0 Å². The zero-order chi connectivity index (χ0) is 6.00. The monoisotopic (exact) mass is 110 g/mol. The van der Waals surface area contributed by atoms with Crippen molar-refractivity contribution in [1.82, 2.24) is 0 Å². The van der Waals surface area contributed by atoms with Crippen molar-refractivity contribution in [2.45, 2.75) is 0 Å². The molecule has 0 fully saturated rings. The molecule has 0 unspecified atom stereocenters. The standard InChI is InChI=1S/3BN.3Li.N/c3*1-2;;;;/q;;;3*+1;-3. The maximum absolute atomic E-state index is 6.50. The van der Waals surface area contributed by atoms with E-state index in [9.17, 15) is 0 Å². The zero-order valence-corrected chi connectivity index (χ0v) is 6.52. The Kier molecular flexibility index (Phi) is 4840. The Morgan fingerprint density at radius 2 is 0.500 bits per heavy atom. The van der Waals surface area contributed by atoms with Crippen molar-refractivity contribution in [2.75, 3.05) is 0 Å². The molecule has 0 aliphatic heterocycles. The maximum atomic E-state index is 6.50. The molecule has 0 bridgehead atoms. The minimum atomic E-state index is 0. The van der Waals surface area contributed by atoms with E-state index in [1.807, 2.05) is 0 Å². The Balaban J connectivity index is -0.00000000225. The van der Waals surface area contributed by atoms with Gasteiger partial charge in [-0.2, -0.15) is 0 Å². The van der Waals surface area contributed by atoms with Crippen LogP contribution in [0.2, 0.25) is 0 Å². The molecule has 0 spiro atoms. The molecule has 0 saturated heterocycles. The fraction of sp³-hybridized carbons (Fsp3) is 0. The molecule has 0 aromatic rings. The predicted molar refractivity (Wildman–Crippen MR) is 25.8 cm³/mol. The minimum absolute atomic E-state index is 0. The van der Waals surface area contributed by atoms with Gasteiger partial charge in [-0.25, -0.2) is 0 Å². The topological polar surface area (TPSA) is 102 Å². The summed E-state index contributed by atoms with van der Waals surface area (Å²) in [6.07, 6.45) is 0. The Morgan fingerprint density at radius 3 is 0.500 bits per heavy atom. The van der Waals surface area contributed by atoms with E-state index in [0.29, 0.717) is 0 Å². The molecular weight excluding hydrogens is 109 g/mol. The second-order valence-electron chi connectivity index (χ2n) is 0. The quantitative estimate of drug-likeness (QED) is 0.289. The Bertz CT molecular complexity index is 44.2. The molecule has 0 rings (SSSR count). The normalized spacial score (nSPS) is 1.50. The summed E-state index contributed by atoms with van der Waals surface area (Å²) in [5.41, 5.74) is 0. The second-order valence-corrected chi connectivity index (χ2v) is 0. The number of hydrogen-bond acceptors (Lipinski definition) is 3. The number of rotatable bonds is 0. The van der Waals surface area contributed by atoms with Gasteiger partial charge in [0.2, 0.25) is 0 Å². The van der Waals surface area contributed by atoms with Crippen LogP contribution < -0.4 is 56.6 Å². The summed E-state index contributed by atoms with van der Waals surface area (Å²) < 4.78 is 0. The van der Waals surface area contributed by atoms with Gasteiger partial charge in [-0.15, -0.1) is 0 Å². The first kappa shape index (κ1) is 67.7. The third-order valence-corrected chi connectivity index (χ3v) is 0. The van der Waals surface area contributed by atoms with E-state index < -0.39 is 0 Å². The predicted octanol–water partition coefficient (Wildman–Crippen LogP) is -9.80.